The maximum absolute atomic E-state index is 13.6. The van der Waals surface area contributed by atoms with Gasteiger partial charge < -0.3 is 15.2 Å². The average molecular weight is 389 g/mol. The fourth-order valence-electron chi connectivity index (χ4n) is 3.29. The maximum atomic E-state index is 13.6. The second-order valence-electron chi connectivity index (χ2n) is 6.71. The number of hydrogen-bond donors (Lipinski definition) is 2. The van der Waals surface area contributed by atoms with Gasteiger partial charge in [-0.2, -0.15) is 0 Å². The van der Waals surface area contributed by atoms with Gasteiger partial charge in [-0.1, -0.05) is 6.07 Å². The summed E-state index contributed by atoms with van der Waals surface area (Å²) in [6.07, 6.45) is 5.87. The molecule has 0 aliphatic heterocycles. The lowest BCUT2D eigenvalue weighted by Gasteiger charge is -2.08. The van der Waals surface area contributed by atoms with E-state index in [1.54, 1.807) is 42.7 Å². The van der Waals surface area contributed by atoms with Crippen molar-refractivity contribution in [1.82, 2.24) is 19.9 Å². The van der Waals surface area contributed by atoms with Gasteiger partial charge in [0.05, 0.1) is 0 Å². The summed E-state index contributed by atoms with van der Waals surface area (Å²) in [6.45, 7) is 0.452. The van der Waals surface area contributed by atoms with Crippen molar-refractivity contribution in [3.8, 4) is 0 Å². The van der Waals surface area contributed by atoms with Crippen LogP contribution in [0, 0.1) is 5.82 Å². The van der Waals surface area contributed by atoms with Gasteiger partial charge in [-0.05, 0) is 54.4 Å². The van der Waals surface area contributed by atoms with E-state index in [4.69, 9.17) is 0 Å². The summed E-state index contributed by atoms with van der Waals surface area (Å²) in [5.74, 6) is 0.0305. The number of carbonyl (C=O) groups is 1. The van der Waals surface area contributed by atoms with Crippen LogP contribution in [0.4, 0.5) is 16.0 Å². The third kappa shape index (κ3) is 4.24. The van der Waals surface area contributed by atoms with E-state index < -0.39 is 0 Å². The Balaban J connectivity index is 1.40. The number of nitrogens with one attached hydrogen (secondary N) is 2. The molecular formula is C22H20FN5O. The van der Waals surface area contributed by atoms with Gasteiger partial charge >= 0.3 is 0 Å². The molecule has 2 N–H and O–H groups in total. The highest BCUT2D eigenvalue weighted by molar-refractivity contribution is 5.95. The van der Waals surface area contributed by atoms with Gasteiger partial charge in [0.2, 0.25) is 5.95 Å². The zero-order valence-electron chi connectivity index (χ0n) is 15.9. The topological polar surface area (TPSA) is 71.8 Å². The zero-order valence-corrected chi connectivity index (χ0v) is 15.9. The monoisotopic (exact) mass is 389 g/mol. The third-order valence-electron chi connectivity index (χ3n) is 4.66. The van der Waals surface area contributed by atoms with Crippen molar-refractivity contribution in [2.45, 2.75) is 6.42 Å². The molecule has 146 valence electrons. The molecule has 4 aromatic rings. The summed E-state index contributed by atoms with van der Waals surface area (Å²) in [7, 11) is 1.93. The number of fused-ring (bicyclic) bond motifs is 1. The number of hydrogen-bond acceptors (Lipinski definition) is 4. The van der Waals surface area contributed by atoms with Gasteiger partial charge in [0.1, 0.15) is 5.82 Å². The largest absolute Gasteiger partial charge is 0.352 e. The van der Waals surface area contributed by atoms with Crippen LogP contribution in [0.5, 0.6) is 0 Å². The normalized spacial score (nSPS) is 10.8. The Morgan fingerprint density at radius 2 is 1.93 bits per heavy atom. The van der Waals surface area contributed by atoms with Gasteiger partial charge in [0.15, 0.2) is 0 Å². The van der Waals surface area contributed by atoms with Crippen molar-refractivity contribution in [2.75, 3.05) is 11.9 Å². The lowest BCUT2D eigenvalue weighted by atomic mass is 10.1. The minimum atomic E-state index is -0.263. The number of nitrogens with zero attached hydrogens (tertiary/aromatic N) is 3. The first-order valence-corrected chi connectivity index (χ1v) is 9.26. The van der Waals surface area contributed by atoms with Crippen molar-refractivity contribution in [3.05, 3.63) is 84.1 Å². The van der Waals surface area contributed by atoms with E-state index in [9.17, 15) is 9.18 Å². The Kier molecular flexibility index (Phi) is 5.20. The van der Waals surface area contributed by atoms with Crippen LogP contribution in [0.25, 0.3) is 10.9 Å². The Labute approximate surface area is 167 Å². The fraction of sp³-hybridized carbons (Fsp3) is 0.136. The van der Waals surface area contributed by atoms with Crippen LogP contribution >= 0.6 is 0 Å². The summed E-state index contributed by atoms with van der Waals surface area (Å²) in [5, 5.41) is 6.87. The van der Waals surface area contributed by atoms with Crippen molar-refractivity contribution < 1.29 is 9.18 Å². The predicted octanol–water partition coefficient (Wildman–Crippen LogP) is 3.82. The molecule has 6 nitrogen and oxygen atoms in total. The third-order valence-corrected chi connectivity index (χ3v) is 4.66. The molecule has 7 heteroatoms. The number of carbonyl (C=O) groups excluding carboxylic acids is 1. The second kappa shape index (κ2) is 8.10. The number of aromatic nitrogens is 3. The molecule has 0 unspecified atom stereocenters. The molecule has 0 aliphatic carbocycles. The van der Waals surface area contributed by atoms with Gasteiger partial charge in [-0.15, -0.1) is 0 Å². The Bertz CT molecular complexity index is 1160. The smallest absolute Gasteiger partial charge is 0.251 e. The van der Waals surface area contributed by atoms with Crippen molar-refractivity contribution in [1.29, 1.82) is 0 Å². The van der Waals surface area contributed by atoms with E-state index in [1.807, 2.05) is 23.9 Å². The summed E-state index contributed by atoms with van der Waals surface area (Å²) >= 11 is 0. The number of aryl methyl sites for hydroxylation is 1. The number of rotatable bonds is 6. The lowest BCUT2D eigenvalue weighted by Crippen LogP contribution is -2.25. The number of anilines is 2. The highest BCUT2D eigenvalue weighted by atomic mass is 19.1. The summed E-state index contributed by atoms with van der Waals surface area (Å²) in [5.41, 5.74) is 3.23. The fourth-order valence-corrected chi connectivity index (χ4v) is 3.29. The zero-order chi connectivity index (χ0) is 20.2. The Morgan fingerprint density at radius 1 is 1.10 bits per heavy atom. The van der Waals surface area contributed by atoms with E-state index >= 15 is 0 Å². The highest BCUT2D eigenvalue weighted by Crippen LogP contribution is 2.22. The van der Waals surface area contributed by atoms with Crippen LogP contribution in [-0.2, 0) is 13.5 Å². The van der Waals surface area contributed by atoms with Crippen LogP contribution in [0.15, 0.2) is 67.1 Å². The van der Waals surface area contributed by atoms with E-state index in [-0.39, 0.29) is 11.7 Å². The van der Waals surface area contributed by atoms with Crippen molar-refractivity contribution >= 4 is 28.4 Å². The standard InChI is InChI=1S/C22H20FN5O/c1-28-14-16(19-13-17(23)6-7-20(19)28)8-11-24-21(29)15-4-2-5-18(12-15)27-22-25-9-3-10-26-22/h2-7,9-10,12-14H,8,11H2,1H3,(H,24,29)(H,25,26,27). The molecule has 0 spiro atoms. The molecule has 0 bridgehead atoms. The van der Waals surface area contributed by atoms with Gasteiger partial charge in [-0.25, -0.2) is 14.4 Å². The molecule has 0 saturated heterocycles. The van der Waals surface area contributed by atoms with Gasteiger partial charge in [0.25, 0.3) is 5.91 Å². The molecule has 0 aliphatic rings. The van der Waals surface area contributed by atoms with Gasteiger partial charge in [0, 0.05) is 54.3 Å². The SMILES string of the molecule is Cn1cc(CCNC(=O)c2cccc(Nc3ncccn3)c2)c2cc(F)ccc21. The number of halogens is 1. The minimum absolute atomic E-state index is 0.172. The van der Waals surface area contributed by atoms with Crippen LogP contribution < -0.4 is 10.6 Å². The molecule has 1 amide bonds. The predicted molar refractivity (Wildman–Crippen MR) is 111 cm³/mol. The Hall–Kier alpha value is -3.74. The quantitative estimate of drug-likeness (QED) is 0.526. The molecule has 2 heterocycles. The van der Waals surface area contributed by atoms with E-state index in [0.29, 0.717) is 24.5 Å². The molecule has 0 fully saturated rings. The molecule has 0 saturated carbocycles. The summed E-state index contributed by atoms with van der Waals surface area (Å²) in [6, 6.07) is 13.6. The van der Waals surface area contributed by atoms with Crippen LogP contribution in [-0.4, -0.2) is 27.0 Å². The average Bonchev–Trinajstić information content (AvgIpc) is 3.03. The summed E-state index contributed by atoms with van der Waals surface area (Å²) < 4.78 is 15.6. The highest BCUT2D eigenvalue weighted by Gasteiger charge is 2.10. The summed E-state index contributed by atoms with van der Waals surface area (Å²) in [4.78, 5) is 20.8. The van der Waals surface area contributed by atoms with Crippen LogP contribution in [0.2, 0.25) is 0 Å². The van der Waals surface area contributed by atoms with E-state index in [0.717, 1.165) is 22.2 Å². The van der Waals surface area contributed by atoms with E-state index in [2.05, 4.69) is 20.6 Å². The molecule has 4 rings (SSSR count). The van der Waals surface area contributed by atoms with Crippen LogP contribution in [0.1, 0.15) is 15.9 Å². The van der Waals surface area contributed by atoms with E-state index in [1.165, 1.54) is 12.1 Å². The molecule has 2 aromatic carbocycles. The maximum Gasteiger partial charge on any atom is 0.251 e. The van der Waals surface area contributed by atoms with Crippen molar-refractivity contribution in [3.63, 3.8) is 0 Å². The number of amides is 1. The first-order chi connectivity index (χ1) is 14.1. The number of benzene rings is 2. The lowest BCUT2D eigenvalue weighted by molar-refractivity contribution is 0.0954. The first kappa shape index (κ1) is 18.6. The molecule has 2 aromatic heterocycles. The molecule has 0 atom stereocenters. The van der Waals surface area contributed by atoms with Gasteiger partial charge in [-0.3, -0.25) is 4.79 Å². The molecule has 29 heavy (non-hydrogen) atoms. The van der Waals surface area contributed by atoms with Crippen molar-refractivity contribution in [2.24, 2.45) is 7.05 Å². The Morgan fingerprint density at radius 3 is 2.76 bits per heavy atom. The second-order valence-corrected chi connectivity index (χ2v) is 6.71. The molecular weight excluding hydrogens is 369 g/mol. The first-order valence-electron chi connectivity index (χ1n) is 9.26. The minimum Gasteiger partial charge on any atom is -0.352 e. The van der Waals surface area contributed by atoms with Crippen LogP contribution in [0.3, 0.4) is 0 Å². The molecule has 0 radical (unpaired) electrons.